The van der Waals surface area contributed by atoms with E-state index in [1.165, 1.54) is 17.5 Å². The summed E-state index contributed by atoms with van der Waals surface area (Å²) in [6, 6.07) is 11.9. The molecule has 2 aromatic carbocycles. The minimum Gasteiger partial charge on any atom is -0.504 e. The molecule has 3 N–H and O–H groups in total. The summed E-state index contributed by atoms with van der Waals surface area (Å²) >= 11 is -2.29. The Bertz CT molecular complexity index is 1190. The zero-order valence-electron chi connectivity index (χ0n) is 15.5. The molecule has 1 aliphatic heterocycles. The predicted octanol–water partition coefficient (Wildman–Crippen LogP) is 2.49. The zero-order chi connectivity index (χ0) is 20.8. The van der Waals surface area contributed by atoms with Crippen LogP contribution in [0.1, 0.15) is 22.1 Å². The average molecular weight is 437 g/mol. The van der Waals surface area contributed by atoms with Gasteiger partial charge in [0.05, 0.1) is 12.9 Å². The summed E-state index contributed by atoms with van der Waals surface area (Å²) in [4.78, 5) is 3.11. The van der Waals surface area contributed by atoms with Gasteiger partial charge in [0.2, 0.25) is 10.0 Å². The van der Waals surface area contributed by atoms with Crippen LogP contribution in [0.15, 0.2) is 42.5 Å². The molecular formula is C19H20N2O6S2. The first-order chi connectivity index (χ1) is 13.8. The number of rotatable bonds is 5. The first kappa shape index (κ1) is 19.9. The third kappa shape index (κ3) is 3.64. The number of nitrogens with one attached hydrogen (secondary N) is 1. The fraction of sp³-hybridized carbons (Fsp3) is 0.263. The lowest BCUT2D eigenvalue weighted by atomic mass is 10.1. The number of hydrogen-bond donors (Lipinski definition) is 3. The summed E-state index contributed by atoms with van der Waals surface area (Å²) < 4.78 is 54.2. The molecule has 2 atom stereocenters. The van der Waals surface area contributed by atoms with E-state index in [-0.39, 0.29) is 30.3 Å². The normalized spacial score (nSPS) is 18.5. The SMILES string of the molecule is COc1cc2[nH]c3c(c2cc1O)CN(S(=O)(=O)Cc1ccccc1)CC3S(=O)O. The Hall–Kier alpha value is -2.40. The van der Waals surface area contributed by atoms with Gasteiger partial charge in [-0.3, -0.25) is 0 Å². The predicted molar refractivity (Wildman–Crippen MR) is 110 cm³/mol. The highest BCUT2D eigenvalue weighted by molar-refractivity contribution is 7.88. The average Bonchev–Trinajstić information content (AvgIpc) is 3.04. The number of fused-ring (bicyclic) bond motifs is 3. The fourth-order valence-corrected chi connectivity index (χ4v) is 5.97. The summed E-state index contributed by atoms with van der Waals surface area (Å²) in [5.74, 6) is -0.0332. The maximum Gasteiger partial charge on any atom is 0.218 e. The van der Waals surface area contributed by atoms with Gasteiger partial charge in [-0.25, -0.2) is 12.6 Å². The molecular weight excluding hydrogens is 416 g/mol. The second kappa shape index (κ2) is 7.45. The van der Waals surface area contributed by atoms with Crippen molar-refractivity contribution in [1.82, 2.24) is 9.29 Å². The van der Waals surface area contributed by atoms with Crippen LogP contribution in [0.2, 0.25) is 0 Å². The minimum absolute atomic E-state index is 0.0456. The second-order valence-electron chi connectivity index (χ2n) is 6.89. The molecule has 0 saturated heterocycles. The van der Waals surface area contributed by atoms with Crippen LogP contribution in [-0.2, 0) is 33.4 Å². The Morgan fingerprint density at radius 2 is 2.00 bits per heavy atom. The van der Waals surface area contributed by atoms with E-state index in [4.69, 9.17) is 4.74 Å². The van der Waals surface area contributed by atoms with Gasteiger partial charge in [-0.05, 0) is 17.2 Å². The first-order valence-electron chi connectivity index (χ1n) is 8.83. The number of nitrogens with zero attached hydrogens (tertiary/aromatic N) is 1. The number of phenols is 1. The van der Waals surface area contributed by atoms with Crippen molar-refractivity contribution in [1.29, 1.82) is 0 Å². The summed E-state index contributed by atoms with van der Waals surface area (Å²) in [6.07, 6.45) is 0. The van der Waals surface area contributed by atoms with Crippen LogP contribution in [0.3, 0.4) is 0 Å². The van der Waals surface area contributed by atoms with Crippen LogP contribution in [0.25, 0.3) is 10.9 Å². The minimum atomic E-state index is -3.73. The Kier molecular flexibility index (Phi) is 5.11. The van der Waals surface area contributed by atoms with Crippen molar-refractivity contribution < 1.29 is 27.0 Å². The lowest BCUT2D eigenvalue weighted by Gasteiger charge is -2.30. The smallest absolute Gasteiger partial charge is 0.218 e. The summed E-state index contributed by atoms with van der Waals surface area (Å²) in [5, 5.41) is 9.81. The maximum atomic E-state index is 13.0. The third-order valence-electron chi connectivity index (χ3n) is 5.09. The van der Waals surface area contributed by atoms with Crippen molar-refractivity contribution in [2.24, 2.45) is 0 Å². The Morgan fingerprint density at radius 3 is 2.66 bits per heavy atom. The van der Waals surface area contributed by atoms with E-state index in [1.807, 2.05) is 0 Å². The second-order valence-corrected chi connectivity index (χ2v) is 9.98. The van der Waals surface area contributed by atoms with E-state index in [0.29, 0.717) is 27.7 Å². The molecule has 29 heavy (non-hydrogen) atoms. The van der Waals surface area contributed by atoms with Gasteiger partial charge >= 0.3 is 0 Å². The van der Waals surface area contributed by atoms with Gasteiger partial charge < -0.3 is 19.4 Å². The molecule has 0 fully saturated rings. The quantitative estimate of drug-likeness (QED) is 0.529. The van der Waals surface area contributed by atoms with E-state index >= 15 is 0 Å². The largest absolute Gasteiger partial charge is 0.504 e. The number of H-pyrrole nitrogens is 1. The molecule has 4 rings (SSSR count). The summed E-state index contributed by atoms with van der Waals surface area (Å²) in [5.41, 5.74) is 2.32. The molecule has 0 saturated carbocycles. The van der Waals surface area contributed by atoms with Crippen molar-refractivity contribution in [3.63, 3.8) is 0 Å². The van der Waals surface area contributed by atoms with Crippen LogP contribution in [0.4, 0.5) is 0 Å². The Morgan fingerprint density at radius 1 is 1.28 bits per heavy atom. The molecule has 1 aromatic heterocycles. The molecule has 0 radical (unpaired) electrons. The maximum absolute atomic E-state index is 13.0. The van der Waals surface area contributed by atoms with Crippen LogP contribution < -0.4 is 4.74 Å². The molecule has 10 heteroatoms. The van der Waals surface area contributed by atoms with Gasteiger partial charge in [0.1, 0.15) is 5.25 Å². The number of ether oxygens (including phenoxy) is 1. The molecule has 2 unspecified atom stereocenters. The van der Waals surface area contributed by atoms with Crippen molar-refractivity contribution >= 4 is 32.0 Å². The summed E-state index contributed by atoms with van der Waals surface area (Å²) in [6.45, 7) is -0.0643. The fourth-order valence-electron chi connectivity index (χ4n) is 3.67. The topological polar surface area (TPSA) is 120 Å². The van der Waals surface area contributed by atoms with E-state index < -0.39 is 26.4 Å². The van der Waals surface area contributed by atoms with Crippen molar-refractivity contribution in [3.05, 3.63) is 59.3 Å². The van der Waals surface area contributed by atoms with Gasteiger partial charge in [-0.2, -0.15) is 4.31 Å². The summed E-state index contributed by atoms with van der Waals surface area (Å²) in [7, 11) is -2.30. The van der Waals surface area contributed by atoms with E-state index in [9.17, 15) is 22.3 Å². The molecule has 154 valence electrons. The zero-order valence-corrected chi connectivity index (χ0v) is 17.2. The highest BCUT2D eigenvalue weighted by Gasteiger charge is 2.37. The van der Waals surface area contributed by atoms with Gasteiger partial charge in [0.25, 0.3) is 0 Å². The van der Waals surface area contributed by atoms with Crippen LogP contribution >= 0.6 is 0 Å². The van der Waals surface area contributed by atoms with E-state index in [0.717, 1.165) is 0 Å². The highest BCUT2D eigenvalue weighted by Crippen LogP contribution is 2.40. The number of aromatic amines is 1. The van der Waals surface area contributed by atoms with Crippen molar-refractivity contribution in [3.8, 4) is 11.5 Å². The monoisotopic (exact) mass is 436 g/mol. The molecule has 0 amide bonds. The number of hydrogen-bond acceptors (Lipinski definition) is 5. The van der Waals surface area contributed by atoms with Gasteiger partial charge in [-0.1, -0.05) is 30.3 Å². The number of methoxy groups -OCH3 is 1. The van der Waals surface area contributed by atoms with Crippen LogP contribution in [-0.4, -0.2) is 45.2 Å². The number of aromatic nitrogens is 1. The van der Waals surface area contributed by atoms with Crippen LogP contribution in [0, 0.1) is 0 Å². The number of sulfonamides is 1. The molecule has 0 bridgehead atoms. The number of phenolic OH excluding ortho intramolecular Hbond substituents is 1. The van der Waals surface area contributed by atoms with Crippen molar-refractivity contribution in [2.45, 2.75) is 17.5 Å². The van der Waals surface area contributed by atoms with Crippen LogP contribution in [0.5, 0.6) is 11.5 Å². The first-order valence-corrected chi connectivity index (χ1v) is 11.6. The highest BCUT2D eigenvalue weighted by atomic mass is 32.2. The van der Waals surface area contributed by atoms with Crippen molar-refractivity contribution in [2.75, 3.05) is 13.7 Å². The Balaban J connectivity index is 1.78. The molecule has 0 aliphatic carbocycles. The lowest BCUT2D eigenvalue weighted by molar-refractivity contribution is 0.374. The molecule has 8 nitrogen and oxygen atoms in total. The van der Waals surface area contributed by atoms with Gasteiger partial charge in [0.15, 0.2) is 22.6 Å². The lowest BCUT2D eigenvalue weighted by Crippen LogP contribution is -2.39. The molecule has 3 aromatic rings. The Labute approximate surface area is 170 Å². The van der Waals surface area contributed by atoms with Gasteiger partial charge in [-0.15, -0.1) is 0 Å². The van der Waals surface area contributed by atoms with Gasteiger partial charge in [0, 0.05) is 35.8 Å². The van der Waals surface area contributed by atoms with E-state index in [1.54, 1.807) is 36.4 Å². The molecule has 0 spiro atoms. The van der Waals surface area contributed by atoms with E-state index in [2.05, 4.69) is 4.98 Å². The number of aromatic hydroxyl groups is 1. The standard InChI is InChI=1S/C19H20N2O6S2/c1-27-17-8-15-13(7-16(17)22)14-9-21(10-18(28(23)24)19(14)20-15)29(25,26)11-12-5-3-2-4-6-12/h2-8,18,20,22H,9-11H2,1H3,(H,23,24). The molecule has 2 heterocycles. The molecule has 1 aliphatic rings. The number of benzene rings is 2. The third-order valence-corrected chi connectivity index (χ3v) is 7.73.